The third-order valence-corrected chi connectivity index (χ3v) is 13.7. The van der Waals surface area contributed by atoms with Crippen LogP contribution in [0.3, 0.4) is 0 Å². The number of benzene rings is 1. The summed E-state index contributed by atoms with van der Waals surface area (Å²) in [5, 5.41) is 0. The fourth-order valence-corrected chi connectivity index (χ4v) is 11.1. The van der Waals surface area contributed by atoms with Crippen LogP contribution in [0.15, 0.2) is 48.8 Å². The van der Waals surface area contributed by atoms with Gasteiger partial charge in [0.25, 0.3) is 0 Å². The maximum atomic E-state index is 13.7. The van der Waals surface area contributed by atoms with E-state index in [1.165, 1.54) is 0 Å². The molecule has 4 saturated carbocycles. The van der Waals surface area contributed by atoms with Gasteiger partial charge in [0.2, 0.25) is 5.91 Å². The molecule has 10 nitrogen and oxygen atoms in total. The second-order valence-corrected chi connectivity index (χ2v) is 15.9. The molecule has 10 atom stereocenters. The molecule has 1 aromatic heterocycles. The molecule has 4 aliphatic rings. The van der Waals surface area contributed by atoms with E-state index in [-0.39, 0.29) is 46.8 Å². The lowest BCUT2D eigenvalue weighted by Crippen LogP contribution is -2.59. The number of nitrogens with one attached hydrogen (secondary N) is 1. The van der Waals surface area contributed by atoms with Gasteiger partial charge in [-0.15, -0.1) is 0 Å². The zero-order chi connectivity index (χ0) is 35.6. The third-order valence-electron chi connectivity index (χ3n) is 13.7. The number of aromatic nitrogens is 1. The highest BCUT2D eigenvalue weighted by Crippen LogP contribution is 2.69. The highest BCUT2D eigenvalue weighted by Gasteiger charge is 2.65. The van der Waals surface area contributed by atoms with E-state index >= 15 is 0 Å². The predicted molar refractivity (Wildman–Crippen MR) is 187 cm³/mol. The molecule has 0 spiro atoms. The second kappa shape index (κ2) is 15.1. The Morgan fingerprint density at radius 2 is 1.66 bits per heavy atom. The van der Waals surface area contributed by atoms with Crippen molar-refractivity contribution < 1.29 is 33.3 Å². The average molecular weight is 690 g/mol. The van der Waals surface area contributed by atoms with Gasteiger partial charge < -0.3 is 18.9 Å². The van der Waals surface area contributed by atoms with Gasteiger partial charge in [-0.2, -0.15) is 0 Å². The molecule has 10 heteroatoms. The van der Waals surface area contributed by atoms with Crippen LogP contribution in [0, 0.1) is 46.3 Å². The van der Waals surface area contributed by atoms with Crippen molar-refractivity contribution in [2.45, 2.75) is 103 Å². The van der Waals surface area contributed by atoms with Crippen molar-refractivity contribution in [1.82, 2.24) is 10.4 Å². The molecule has 3 N–H and O–H groups in total. The van der Waals surface area contributed by atoms with Gasteiger partial charge in [-0.25, -0.2) is 15.4 Å². The number of carbonyl (C=O) groups is 3. The number of methoxy groups -OCH3 is 2. The number of carbonyl (C=O) groups excluding carboxylic acids is 3. The Hall–Kier alpha value is -3.34. The van der Waals surface area contributed by atoms with Crippen molar-refractivity contribution in [3.8, 4) is 0 Å². The Kier molecular flexibility index (Phi) is 11.0. The Labute approximate surface area is 296 Å². The van der Waals surface area contributed by atoms with Crippen molar-refractivity contribution in [1.29, 1.82) is 0 Å². The van der Waals surface area contributed by atoms with Gasteiger partial charge in [-0.1, -0.05) is 32.9 Å². The van der Waals surface area contributed by atoms with Crippen LogP contribution < -0.4 is 11.3 Å². The smallest absolute Gasteiger partial charge is 0.338 e. The second-order valence-electron chi connectivity index (χ2n) is 15.9. The topological polar surface area (TPSA) is 139 Å². The summed E-state index contributed by atoms with van der Waals surface area (Å²) in [6.07, 6.45) is 11.3. The minimum absolute atomic E-state index is 0.0570. The van der Waals surface area contributed by atoms with Gasteiger partial charge in [-0.05, 0) is 123 Å². The minimum atomic E-state index is -0.547. The Balaban J connectivity index is 1.21. The van der Waals surface area contributed by atoms with Gasteiger partial charge in [0.1, 0.15) is 12.2 Å². The molecule has 0 unspecified atom stereocenters. The number of amides is 1. The van der Waals surface area contributed by atoms with Gasteiger partial charge in [0.15, 0.2) is 6.29 Å². The summed E-state index contributed by atoms with van der Waals surface area (Å²) >= 11 is 0. The largest absolute Gasteiger partial charge is 0.459 e. The number of pyridine rings is 1. The molecular formula is C40H55N3O7. The van der Waals surface area contributed by atoms with Crippen LogP contribution in [0.1, 0.15) is 118 Å². The van der Waals surface area contributed by atoms with Crippen molar-refractivity contribution in [3.05, 3.63) is 65.5 Å². The standard InChI is InChI=1S/C40H55N3O7/c1-24(9-14-35(44)43-41)31-12-13-32-30-11-10-28-22-29(49-37(46)26-7-6-8-27(21-26)38(47-4)48-5)15-18-39(28,2)33(30)23-34(40(31,32)3)50-36(45)25-16-19-42-20-17-25/h6-8,16-17,19-21,24,28-34,38H,9-15,18,22-23,41H2,1-5H3,(H,43,44)/t24-,28-,29+,30+,31-,32+,33+,34+,39+,40-/m1/s1. The van der Waals surface area contributed by atoms with Crippen LogP contribution in [0.2, 0.25) is 0 Å². The summed E-state index contributed by atoms with van der Waals surface area (Å²) in [6, 6.07) is 10.7. The first-order valence-electron chi connectivity index (χ1n) is 18.5. The van der Waals surface area contributed by atoms with E-state index in [2.05, 4.69) is 31.2 Å². The average Bonchev–Trinajstić information content (AvgIpc) is 3.50. The first-order chi connectivity index (χ1) is 24.0. The fourth-order valence-electron chi connectivity index (χ4n) is 11.1. The van der Waals surface area contributed by atoms with Gasteiger partial charge in [0.05, 0.1) is 11.1 Å². The lowest BCUT2D eigenvalue weighted by Gasteiger charge is -2.62. The van der Waals surface area contributed by atoms with E-state index in [1.807, 2.05) is 12.1 Å². The van der Waals surface area contributed by atoms with E-state index in [0.29, 0.717) is 47.1 Å². The molecule has 272 valence electrons. The molecule has 1 aromatic carbocycles. The van der Waals surface area contributed by atoms with Crippen molar-refractivity contribution in [2.75, 3.05) is 14.2 Å². The van der Waals surface area contributed by atoms with Crippen LogP contribution in [0.25, 0.3) is 0 Å². The number of hydrazine groups is 1. The number of fused-ring (bicyclic) bond motifs is 5. The van der Waals surface area contributed by atoms with Gasteiger partial charge in [-0.3, -0.25) is 15.2 Å². The minimum Gasteiger partial charge on any atom is -0.459 e. The summed E-state index contributed by atoms with van der Waals surface area (Å²) in [4.78, 5) is 43.2. The van der Waals surface area contributed by atoms with Gasteiger partial charge in [0, 0.05) is 44.0 Å². The molecule has 4 fully saturated rings. The van der Waals surface area contributed by atoms with Crippen LogP contribution in [0.4, 0.5) is 0 Å². The number of rotatable bonds is 11. The number of nitrogens with two attached hydrogens (primary N) is 1. The summed E-state index contributed by atoms with van der Waals surface area (Å²) in [5.41, 5.74) is 3.93. The fraction of sp³-hybridized carbons (Fsp3) is 0.650. The van der Waals surface area contributed by atoms with Crippen LogP contribution in [0.5, 0.6) is 0 Å². The third kappa shape index (κ3) is 6.83. The van der Waals surface area contributed by atoms with Crippen molar-refractivity contribution in [2.24, 2.45) is 52.2 Å². The highest BCUT2D eigenvalue weighted by atomic mass is 16.7. The quantitative estimate of drug-likeness (QED) is 0.0858. The molecule has 1 heterocycles. The predicted octanol–water partition coefficient (Wildman–Crippen LogP) is 6.80. The molecule has 0 radical (unpaired) electrons. The maximum absolute atomic E-state index is 13.7. The molecule has 0 bridgehead atoms. The molecule has 4 aliphatic carbocycles. The SMILES string of the molecule is COC(OC)c1cccc(C(=O)O[C@H]2CC[C@@]3(C)[C@H](CC[C@@H]4[C@@H]3C[C@H](OC(=O)c3ccncc3)[C@]3(C)[C@@H]([C@H](C)CCC(=O)NN)CC[C@@H]43)C2)c1. The van der Waals surface area contributed by atoms with E-state index < -0.39 is 6.29 Å². The highest BCUT2D eigenvalue weighted by molar-refractivity contribution is 5.90. The Morgan fingerprint density at radius 3 is 2.38 bits per heavy atom. The molecule has 2 aromatic rings. The molecule has 0 saturated heterocycles. The summed E-state index contributed by atoms with van der Waals surface area (Å²) in [6.45, 7) is 7.08. The summed E-state index contributed by atoms with van der Waals surface area (Å²) in [5.74, 6) is 7.05. The summed E-state index contributed by atoms with van der Waals surface area (Å²) in [7, 11) is 3.15. The number of hydrogen-bond acceptors (Lipinski definition) is 9. The van der Waals surface area contributed by atoms with Gasteiger partial charge >= 0.3 is 11.9 Å². The van der Waals surface area contributed by atoms with Crippen LogP contribution in [-0.4, -0.2) is 49.3 Å². The van der Waals surface area contributed by atoms with Crippen LogP contribution in [-0.2, 0) is 23.7 Å². The molecule has 1 amide bonds. The van der Waals surface area contributed by atoms with E-state index in [1.54, 1.807) is 50.9 Å². The van der Waals surface area contributed by atoms with Crippen LogP contribution >= 0.6 is 0 Å². The lowest BCUT2D eigenvalue weighted by molar-refractivity contribution is -0.176. The first kappa shape index (κ1) is 36.5. The molecule has 6 rings (SSSR count). The summed E-state index contributed by atoms with van der Waals surface area (Å²) < 4.78 is 23.6. The van der Waals surface area contributed by atoms with E-state index in [0.717, 1.165) is 63.4 Å². The maximum Gasteiger partial charge on any atom is 0.338 e. The lowest BCUT2D eigenvalue weighted by atomic mass is 9.43. The number of nitrogens with zero attached hydrogens (tertiary/aromatic N) is 1. The number of esters is 2. The Morgan fingerprint density at radius 1 is 0.920 bits per heavy atom. The number of hydrogen-bond donors (Lipinski definition) is 2. The van der Waals surface area contributed by atoms with Crippen molar-refractivity contribution >= 4 is 17.8 Å². The van der Waals surface area contributed by atoms with E-state index in [9.17, 15) is 14.4 Å². The normalized spacial score (nSPS) is 33.8. The zero-order valence-electron chi connectivity index (χ0n) is 30.3. The molecule has 0 aliphatic heterocycles. The van der Waals surface area contributed by atoms with E-state index in [4.69, 9.17) is 24.8 Å². The molecule has 50 heavy (non-hydrogen) atoms. The zero-order valence-corrected chi connectivity index (χ0v) is 30.3. The van der Waals surface area contributed by atoms with Crippen molar-refractivity contribution in [3.63, 3.8) is 0 Å². The Bertz CT molecular complexity index is 1520. The molecular weight excluding hydrogens is 634 g/mol. The first-order valence-corrected chi connectivity index (χ1v) is 18.5. The number of ether oxygens (including phenoxy) is 4. The monoisotopic (exact) mass is 689 g/mol.